The summed E-state index contributed by atoms with van der Waals surface area (Å²) in [5, 5.41) is 0. The Balaban J connectivity index is 2.37. The first kappa shape index (κ1) is 9.97. The number of hydrogen-bond donors (Lipinski definition) is 0. The van der Waals surface area contributed by atoms with Gasteiger partial charge in [-0.2, -0.15) is 0 Å². The molecule has 0 fully saturated rings. The van der Waals surface area contributed by atoms with Gasteiger partial charge in [0.15, 0.2) is 0 Å². The van der Waals surface area contributed by atoms with Crippen LogP contribution in [0.1, 0.15) is 30.9 Å². The van der Waals surface area contributed by atoms with Crippen LogP contribution in [0.15, 0.2) is 24.3 Å². The first-order chi connectivity index (χ1) is 6.18. The molecule has 0 aromatic heterocycles. The second-order valence-corrected chi connectivity index (χ2v) is 3.54. The second kappa shape index (κ2) is 4.80. The number of aryl methyl sites for hydroxylation is 2. The fraction of sp³-hybridized carbons (Fsp3) is 0.417. The van der Waals surface area contributed by atoms with Gasteiger partial charge in [-0.25, -0.2) is 0 Å². The molecule has 0 saturated carbocycles. The first-order valence-electron chi connectivity index (χ1n) is 4.73. The minimum atomic E-state index is 0.284. The number of Topliss-reactive ketones (excluding diaryl/α,β-unsaturated/α-hetero) is 1. The van der Waals surface area contributed by atoms with E-state index in [9.17, 15) is 4.79 Å². The van der Waals surface area contributed by atoms with E-state index in [2.05, 4.69) is 31.2 Å². The Morgan fingerprint density at radius 2 is 1.85 bits per heavy atom. The van der Waals surface area contributed by atoms with Crippen molar-refractivity contribution in [3.05, 3.63) is 35.4 Å². The van der Waals surface area contributed by atoms with Crippen molar-refractivity contribution >= 4 is 5.78 Å². The summed E-state index contributed by atoms with van der Waals surface area (Å²) in [6.07, 6.45) is 2.69. The summed E-state index contributed by atoms with van der Waals surface area (Å²) >= 11 is 0. The van der Waals surface area contributed by atoms with Gasteiger partial charge in [0.2, 0.25) is 0 Å². The molecule has 13 heavy (non-hydrogen) atoms. The summed E-state index contributed by atoms with van der Waals surface area (Å²) in [6, 6.07) is 8.50. The molecule has 0 radical (unpaired) electrons. The third kappa shape index (κ3) is 3.88. The maximum Gasteiger partial charge on any atom is 0.129 e. The molecule has 1 aromatic rings. The Labute approximate surface area is 79.8 Å². The largest absolute Gasteiger partial charge is 0.300 e. The van der Waals surface area contributed by atoms with Crippen molar-refractivity contribution in [2.75, 3.05) is 0 Å². The molecule has 1 rings (SSSR count). The first-order valence-corrected chi connectivity index (χ1v) is 4.73. The molecule has 0 unspecified atom stereocenters. The zero-order chi connectivity index (χ0) is 9.68. The molecule has 1 aromatic carbocycles. The zero-order valence-electron chi connectivity index (χ0n) is 8.34. The van der Waals surface area contributed by atoms with Crippen LogP contribution in [0, 0.1) is 6.92 Å². The van der Waals surface area contributed by atoms with E-state index < -0.39 is 0 Å². The van der Waals surface area contributed by atoms with E-state index in [1.807, 2.05) is 0 Å². The zero-order valence-corrected chi connectivity index (χ0v) is 8.34. The number of benzene rings is 1. The van der Waals surface area contributed by atoms with Crippen LogP contribution in [0.3, 0.4) is 0 Å². The minimum absolute atomic E-state index is 0.284. The van der Waals surface area contributed by atoms with E-state index in [1.165, 1.54) is 11.1 Å². The standard InChI is InChI=1S/C12H16O/c1-10-6-8-12(9-7-10)5-3-4-11(2)13/h6-9H,3-5H2,1-2H3. The SMILES string of the molecule is CC(=O)CCCc1ccc(C)cc1. The van der Waals surface area contributed by atoms with Crippen LogP contribution in [0.2, 0.25) is 0 Å². The molecule has 0 N–H and O–H groups in total. The monoisotopic (exact) mass is 176 g/mol. The number of carbonyl (C=O) groups is 1. The Morgan fingerprint density at radius 3 is 2.38 bits per heavy atom. The minimum Gasteiger partial charge on any atom is -0.300 e. The molecule has 0 aliphatic rings. The summed E-state index contributed by atoms with van der Waals surface area (Å²) in [5.41, 5.74) is 2.61. The highest BCUT2D eigenvalue weighted by Crippen LogP contribution is 2.07. The average Bonchev–Trinajstić information content (AvgIpc) is 2.08. The molecule has 0 amide bonds. The van der Waals surface area contributed by atoms with E-state index in [0.29, 0.717) is 6.42 Å². The smallest absolute Gasteiger partial charge is 0.129 e. The predicted molar refractivity (Wildman–Crippen MR) is 54.8 cm³/mol. The van der Waals surface area contributed by atoms with Crippen molar-refractivity contribution in [2.24, 2.45) is 0 Å². The molecule has 0 bridgehead atoms. The van der Waals surface area contributed by atoms with Gasteiger partial charge in [0.1, 0.15) is 5.78 Å². The van der Waals surface area contributed by atoms with Gasteiger partial charge in [-0.05, 0) is 32.3 Å². The van der Waals surface area contributed by atoms with Crippen LogP contribution in [-0.2, 0) is 11.2 Å². The molecular formula is C12H16O. The summed E-state index contributed by atoms with van der Waals surface area (Å²) in [4.78, 5) is 10.7. The highest BCUT2D eigenvalue weighted by atomic mass is 16.1. The Morgan fingerprint density at radius 1 is 1.23 bits per heavy atom. The topological polar surface area (TPSA) is 17.1 Å². The average molecular weight is 176 g/mol. The molecule has 70 valence electrons. The lowest BCUT2D eigenvalue weighted by Crippen LogP contribution is -1.92. The molecule has 1 heteroatoms. The van der Waals surface area contributed by atoms with Crippen LogP contribution < -0.4 is 0 Å². The fourth-order valence-corrected chi connectivity index (χ4v) is 1.30. The number of ketones is 1. The normalized spacial score (nSPS) is 10.0. The fourth-order valence-electron chi connectivity index (χ4n) is 1.30. The van der Waals surface area contributed by atoms with Crippen molar-refractivity contribution in [1.29, 1.82) is 0 Å². The highest BCUT2D eigenvalue weighted by Gasteiger charge is 1.95. The molecule has 0 aliphatic heterocycles. The summed E-state index contributed by atoms with van der Waals surface area (Å²) in [5.74, 6) is 0.284. The second-order valence-electron chi connectivity index (χ2n) is 3.54. The number of carbonyl (C=O) groups excluding carboxylic acids is 1. The van der Waals surface area contributed by atoms with E-state index in [4.69, 9.17) is 0 Å². The summed E-state index contributed by atoms with van der Waals surface area (Å²) in [6.45, 7) is 3.73. The lowest BCUT2D eigenvalue weighted by Gasteiger charge is -2.00. The van der Waals surface area contributed by atoms with Gasteiger partial charge in [0.25, 0.3) is 0 Å². The third-order valence-corrected chi connectivity index (χ3v) is 2.11. The van der Waals surface area contributed by atoms with Crippen LogP contribution >= 0.6 is 0 Å². The summed E-state index contributed by atoms with van der Waals surface area (Å²) < 4.78 is 0. The van der Waals surface area contributed by atoms with E-state index >= 15 is 0 Å². The van der Waals surface area contributed by atoms with Gasteiger partial charge in [0.05, 0.1) is 0 Å². The molecule has 0 heterocycles. The van der Waals surface area contributed by atoms with Gasteiger partial charge in [-0.1, -0.05) is 29.8 Å². The van der Waals surface area contributed by atoms with Gasteiger partial charge >= 0.3 is 0 Å². The van der Waals surface area contributed by atoms with Crippen molar-refractivity contribution in [3.63, 3.8) is 0 Å². The Bertz CT molecular complexity index is 272. The van der Waals surface area contributed by atoms with E-state index in [-0.39, 0.29) is 5.78 Å². The Hall–Kier alpha value is -1.11. The lowest BCUT2D eigenvalue weighted by molar-refractivity contribution is -0.117. The molecule has 0 spiro atoms. The van der Waals surface area contributed by atoms with Crippen LogP contribution in [-0.4, -0.2) is 5.78 Å². The highest BCUT2D eigenvalue weighted by molar-refractivity contribution is 5.75. The lowest BCUT2D eigenvalue weighted by atomic mass is 10.1. The third-order valence-electron chi connectivity index (χ3n) is 2.11. The van der Waals surface area contributed by atoms with E-state index in [1.54, 1.807) is 6.92 Å². The number of rotatable bonds is 4. The van der Waals surface area contributed by atoms with E-state index in [0.717, 1.165) is 12.8 Å². The van der Waals surface area contributed by atoms with Crippen molar-refractivity contribution in [2.45, 2.75) is 33.1 Å². The maximum absolute atomic E-state index is 10.7. The molecule has 1 nitrogen and oxygen atoms in total. The van der Waals surface area contributed by atoms with Gasteiger partial charge < -0.3 is 4.79 Å². The van der Waals surface area contributed by atoms with Crippen molar-refractivity contribution < 1.29 is 4.79 Å². The molecule has 0 saturated heterocycles. The van der Waals surface area contributed by atoms with Gasteiger partial charge in [-0.3, -0.25) is 0 Å². The van der Waals surface area contributed by atoms with Crippen molar-refractivity contribution in [3.8, 4) is 0 Å². The molecule has 0 atom stereocenters. The summed E-state index contributed by atoms with van der Waals surface area (Å²) in [7, 11) is 0. The maximum atomic E-state index is 10.7. The van der Waals surface area contributed by atoms with Crippen LogP contribution in [0.5, 0.6) is 0 Å². The Kier molecular flexibility index (Phi) is 3.69. The molecule has 0 aliphatic carbocycles. The molecular weight excluding hydrogens is 160 g/mol. The van der Waals surface area contributed by atoms with Crippen LogP contribution in [0.25, 0.3) is 0 Å². The number of hydrogen-bond acceptors (Lipinski definition) is 1. The van der Waals surface area contributed by atoms with Gasteiger partial charge in [-0.15, -0.1) is 0 Å². The van der Waals surface area contributed by atoms with Gasteiger partial charge in [0, 0.05) is 6.42 Å². The van der Waals surface area contributed by atoms with Crippen LogP contribution in [0.4, 0.5) is 0 Å². The van der Waals surface area contributed by atoms with Crippen molar-refractivity contribution in [1.82, 2.24) is 0 Å². The quantitative estimate of drug-likeness (QED) is 0.689. The predicted octanol–water partition coefficient (Wildman–Crippen LogP) is 2.91.